The van der Waals surface area contributed by atoms with Gasteiger partial charge in [-0.25, -0.2) is 14.6 Å². The van der Waals surface area contributed by atoms with Crippen LogP contribution in [0.2, 0.25) is 0 Å². The Hall–Kier alpha value is -2.67. The zero-order chi connectivity index (χ0) is 18.8. The average molecular weight is 367 g/mol. The lowest BCUT2D eigenvalue weighted by molar-refractivity contribution is 0.196. The molecular weight excluding hydrogens is 342 g/mol. The van der Waals surface area contributed by atoms with E-state index in [0.29, 0.717) is 5.92 Å². The molecule has 0 bridgehead atoms. The van der Waals surface area contributed by atoms with Crippen LogP contribution in [0.3, 0.4) is 0 Å². The second-order valence-corrected chi connectivity index (χ2v) is 6.96. The van der Waals surface area contributed by atoms with Crippen molar-refractivity contribution in [3.8, 4) is 11.5 Å². The minimum absolute atomic E-state index is 0.357. The van der Waals surface area contributed by atoms with E-state index in [1.54, 1.807) is 26.6 Å². The molecule has 0 radical (unpaired) electrons. The van der Waals surface area contributed by atoms with Crippen LogP contribution in [0, 0.1) is 0 Å². The zero-order valence-electron chi connectivity index (χ0n) is 16.1. The summed E-state index contributed by atoms with van der Waals surface area (Å²) >= 11 is 0. The molecule has 2 aromatic heterocycles. The molecule has 1 aliphatic rings. The monoisotopic (exact) mass is 367 g/mol. The van der Waals surface area contributed by atoms with E-state index in [-0.39, 0.29) is 0 Å². The lowest BCUT2D eigenvalue weighted by Gasteiger charge is -2.32. The fourth-order valence-electron chi connectivity index (χ4n) is 4.02. The molecule has 0 aliphatic carbocycles. The standard InChI is InChI=1S/C20H25N5O2/c1-24-20-18(21-9-10-22-20)17(23-24)14-7-5-11-25(12-14)13-15-6-4-8-16(26-2)19(15)27-3/h4,6,8-10,14H,5,7,11-13H2,1-3H3/t14-/m0/s1. The molecule has 3 heterocycles. The van der Waals surface area contributed by atoms with Crippen LogP contribution in [0.4, 0.5) is 0 Å². The van der Waals surface area contributed by atoms with Gasteiger partial charge in [-0.1, -0.05) is 12.1 Å². The lowest BCUT2D eigenvalue weighted by Crippen LogP contribution is -2.34. The normalized spacial score (nSPS) is 18.0. The number of fused-ring (bicyclic) bond motifs is 1. The summed E-state index contributed by atoms with van der Waals surface area (Å²) in [6, 6.07) is 6.05. The van der Waals surface area contributed by atoms with Crippen LogP contribution >= 0.6 is 0 Å². The number of benzene rings is 1. The molecule has 1 atom stereocenters. The van der Waals surface area contributed by atoms with Crippen molar-refractivity contribution in [3.05, 3.63) is 41.9 Å². The molecule has 1 aliphatic heterocycles. The van der Waals surface area contributed by atoms with E-state index in [9.17, 15) is 0 Å². The summed E-state index contributed by atoms with van der Waals surface area (Å²) in [6.45, 7) is 2.84. The molecule has 0 amide bonds. The second kappa shape index (κ2) is 7.52. The Labute approximate surface area is 158 Å². The van der Waals surface area contributed by atoms with Crippen LogP contribution in [0.1, 0.15) is 30.0 Å². The summed E-state index contributed by atoms with van der Waals surface area (Å²) in [5.41, 5.74) is 3.97. The largest absolute Gasteiger partial charge is 0.493 e. The Kier molecular flexibility index (Phi) is 4.94. The molecule has 0 N–H and O–H groups in total. The summed E-state index contributed by atoms with van der Waals surface area (Å²) in [7, 11) is 5.30. The Balaban J connectivity index is 1.57. The smallest absolute Gasteiger partial charge is 0.176 e. The lowest BCUT2D eigenvalue weighted by atomic mass is 9.94. The molecule has 142 valence electrons. The number of para-hydroxylation sites is 1. The first kappa shape index (κ1) is 17.7. The molecule has 0 spiro atoms. The zero-order valence-corrected chi connectivity index (χ0v) is 16.1. The van der Waals surface area contributed by atoms with Gasteiger partial charge in [0.05, 0.1) is 19.9 Å². The Morgan fingerprint density at radius 1 is 1.15 bits per heavy atom. The van der Waals surface area contributed by atoms with Crippen molar-refractivity contribution in [2.24, 2.45) is 7.05 Å². The number of hydrogen-bond donors (Lipinski definition) is 0. The van der Waals surface area contributed by atoms with Gasteiger partial charge >= 0.3 is 0 Å². The van der Waals surface area contributed by atoms with Crippen LogP contribution < -0.4 is 9.47 Å². The fourth-order valence-corrected chi connectivity index (χ4v) is 4.02. The third-order valence-electron chi connectivity index (χ3n) is 5.26. The van der Waals surface area contributed by atoms with Gasteiger partial charge in [0.1, 0.15) is 5.52 Å². The SMILES string of the molecule is COc1cccc(CN2CCC[C@H](c3nn(C)c4nccnc34)C2)c1OC. The predicted molar refractivity (Wildman–Crippen MR) is 103 cm³/mol. The number of hydrogen-bond acceptors (Lipinski definition) is 6. The van der Waals surface area contributed by atoms with Crippen molar-refractivity contribution in [3.63, 3.8) is 0 Å². The maximum Gasteiger partial charge on any atom is 0.176 e. The van der Waals surface area contributed by atoms with E-state index in [4.69, 9.17) is 14.6 Å². The summed E-state index contributed by atoms with van der Waals surface area (Å²) in [4.78, 5) is 11.4. The Morgan fingerprint density at radius 2 is 2.00 bits per heavy atom. The number of rotatable bonds is 5. The molecule has 1 aromatic carbocycles. The minimum Gasteiger partial charge on any atom is -0.493 e. The van der Waals surface area contributed by atoms with Gasteiger partial charge in [0, 0.05) is 44.0 Å². The van der Waals surface area contributed by atoms with Gasteiger partial charge in [0.25, 0.3) is 0 Å². The maximum absolute atomic E-state index is 5.60. The highest BCUT2D eigenvalue weighted by Crippen LogP contribution is 2.34. The van der Waals surface area contributed by atoms with Gasteiger partial charge < -0.3 is 9.47 Å². The number of aryl methyl sites for hydroxylation is 1. The van der Waals surface area contributed by atoms with Crippen molar-refractivity contribution in [2.45, 2.75) is 25.3 Å². The Bertz CT molecular complexity index is 939. The molecule has 1 fully saturated rings. The van der Waals surface area contributed by atoms with Crippen molar-refractivity contribution < 1.29 is 9.47 Å². The molecular formula is C20H25N5O2. The highest BCUT2D eigenvalue weighted by molar-refractivity contribution is 5.73. The van der Waals surface area contributed by atoms with Crippen molar-refractivity contribution in [2.75, 3.05) is 27.3 Å². The van der Waals surface area contributed by atoms with Gasteiger partial charge in [-0.05, 0) is 25.5 Å². The van der Waals surface area contributed by atoms with Gasteiger partial charge in [-0.15, -0.1) is 0 Å². The maximum atomic E-state index is 5.60. The minimum atomic E-state index is 0.357. The highest BCUT2D eigenvalue weighted by atomic mass is 16.5. The van der Waals surface area contributed by atoms with Gasteiger partial charge in [0.2, 0.25) is 0 Å². The quantitative estimate of drug-likeness (QED) is 0.691. The Morgan fingerprint density at radius 3 is 2.81 bits per heavy atom. The summed E-state index contributed by atoms with van der Waals surface area (Å²) in [5.74, 6) is 1.95. The van der Waals surface area contributed by atoms with E-state index in [2.05, 4.69) is 20.9 Å². The number of likely N-dealkylation sites (tertiary alicyclic amines) is 1. The van der Waals surface area contributed by atoms with Crippen LogP contribution in [-0.2, 0) is 13.6 Å². The first-order valence-corrected chi connectivity index (χ1v) is 9.27. The summed E-state index contributed by atoms with van der Waals surface area (Å²) in [5, 5.41) is 4.74. The first-order valence-electron chi connectivity index (χ1n) is 9.27. The molecule has 0 saturated carbocycles. The van der Waals surface area contributed by atoms with Crippen LogP contribution in [-0.4, -0.2) is 52.0 Å². The molecule has 4 rings (SSSR count). The summed E-state index contributed by atoms with van der Waals surface area (Å²) < 4.78 is 12.9. The molecule has 1 saturated heterocycles. The van der Waals surface area contributed by atoms with Crippen LogP contribution in [0.25, 0.3) is 11.2 Å². The second-order valence-electron chi connectivity index (χ2n) is 6.96. The number of aromatic nitrogens is 4. The van der Waals surface area contributed by atoms with Crippen molar-refractivity contribution in [1.29, 1.82) is 0 Å². The molecule has 7 nitrogen and oxygen atoms in total. The van der Waals surface area contributed by atoms with Crippen molar-refractivity contribution >= 4 is 11.2 Å². The van der Waals surface area contributed by atoms with E-state index >= 15 is 0 Å². The van der Waals surface area contributed by atoms with Gasteiger partial charge in [-0.2, -0.15) is 5.10 Å². The van der Waals surface area contributed by atoms with E-state index in [1.807, 2.05) is 23.9 Å². The molecule has 3 aromatic rings. The van der Waals surface area contributed by atoms with E-state index in [1.165, 1.54) is 0 Å². The first-order chi connectivity index (χ1) is 13.2. The topological polar surface area (TPSA) is 65.3 Å². The average Bonchev–Trinajstić information content (AvgIpc) is 3.05. The third-order valence-corrected chi connectivity index (χ3v) is 5.26. The molecule has 27 heavy (non-hydrogen) atoms. The van der Waals surface area contributed by atoms with Gasteiger partial charge in [-0.3, -0.25) is 4.90 Å². The summed E-state index contributed by atoms with van der Waals surface area (Å²) in [6.07, 6.45) is 5.72. The van der Waals surface area contributed by atoms with Crippen LogP contribution in [0.15, 0.2) is 30.6 Å². The number of ether oxygens (including phenoxy) is 2. The predicted octanol–water partition coefficient (Wildman–Crippen LogP) is 2.76. The number of methoxy groups -OCH3 is 2. The van der Waals surface area contributed by atoms with Gasteiger partial charge in [0.15, 0.2) is 17.1 Å². The van der Waals surface area contributed by atoms with E-state index in [0.717, 1.165) is 66.4 Å². The number of nitrogens with zero attached hydrogens (tertiary/aromatic N) is 5. The number of piperidine rings is 1. The van der Waals surface area contributed by atoms with Crippen LogP contribution in [0.5, 0.6) is 11.5 Å². The van der Waals surface area contributed by atoms with E-state index < -0.39 is 0 Å². The molecule has 0 unspecified atom stereocenters. The van der Waals surface area contributed by atoms with Crippen molar-refractivity contribution in [1.82, 2.24) is 24.6 Å². The molecule has 7 heteroatoms. The highest BCUT2D eigenvalue weighted by Gasteiger charge is 2.27. The third kappa shape index (κ3) is 3.35. The fraction of sp³-hybridized carbons (Fsp3) is 0.450.